The van der Waals surface area contributed by atoms with Gasteiger partial charge in [-0.3, -0.25) is 25.0 Å². The maximum Gasteiger partial charge on any atom is 0.263 e. The Kier molecular flexibility index (Phi) is 7.23. The first-order valence-corrected chi connectivity index (χ1v) is 10.5. The molecule has 1 aliphatic heterocycles. The summed E-state index contributed by atoms with van der Waals surface area (Å²) >= 11 is 6.82. The first kappa shape index (κ1) is 22.7. The van der Waals surface area contributed by atoms with Gasteiger partial charge in [-0.1, -0.05) is 17.7 Å². The molecule has 10 heteroatoms. The van der Waals surface area contributed by atoms with Crippen LogP contribution in [-0.4, -0.2) is 36.6 Å². The highest BCUT2D eigenvalue weighted by Gasteiger charge is 2.26. The van der Waals surface area contributed by atoms with Crippen molar-refractivity contribution < 1.29 is 23.9 Å². The lowest BCUT2D eigenvalue weighted by atomic mass is 10.1. The van der Waals surface area contributed by atoms with Gasteiger partial charge in [0, 0.05) is 5.69 Å². The van der Waals surface area contributed by atoms with E-state index in [9.17, 15) is 14.4 Å². The largest absolute Gasteiger partial charge is 0.493 e. The molecular weight excluding hydrogens is 533 g/mol. The molecule has 0 radical (unpaired) electrons. The van der Waals surface area contributed by atoms with Crippen molar-refractivity contribution >= 4 is 69.4 Å². The smallest absolute Gasteiger partial charge is 0.263 e. The first-order valence-electron chi connectivity index (χ1n) is 9.02. The van der Waals surface area contributed by atoms with Gasteiger partial charge in [-0.05, 0) is 77.6 Å². The van der Waals surface area contributed by atoms with Crippen molar-refractivity contribution in [2.45, 2.75) is 6.92 Å². The fourth-order valence-electron chi connectivity index (χ4n) is 2.71. The van der Waals surface area contributed by atoms with Crippen molar-refractivity contribution in [2.75, 3.05) is 19.0 Å². The maximum absolute atomic E-state index is 12.2. The van der Waals surface area contributed by atoms with Crippen molar-refractivity contribution in [1.29, 1.82) is 0 Å². The van der Waals surface area contributed by atoms with Gasteiger partial charge in [0.1, 0.15) is 5.57 Å². The molecule has 2 aromatic rings. The number of hydrogen-bond acceptors (Lipinski definition) is 6. The second-order valence-corrected chi connectivity index (χ2v) is 8.10. The lowest BCUT2D eigenvalue weighted by Crippen LogP contribution is -2.51. The molecule has 0 aliphatic carbocycles. The van der Waals surface area contributed by atoms with E-state index in [0.717, 1.165) is 5.56 Å². The summed E-state index contributed by atoms with van der Waals surface area (Å²) in [5.41, 5.74) is 2.23. The van der Waals surface area contributed by atoms with E-state index in [1.165, 1.54) is 13.2 Å². The highest BCUT2D eigenvalue weighted by molar-refractivity contribution is 14.1. The molecule has 0 aromatic heterocycles. The number of halogens is 1. The zero-order valence-corrected chi connectivity index (χ0v) is 19.6. The summed E-state index contributed by atoms with van der Waals surface area (Å²) in [4.78, 5) is 36.3. The molecule has 1 heterocycles. The third kappa shape index (κ3) is 5.79. The van der Waals surface area contributed by atoms with Crippen LogP contribution in [0.2, 0.25) is 0 Å². The summed E-state index contributed by atoms with van der Waals surface area (Å²) in [5, 5.41) is 7.48. The van der Waals surface area contributed by atoms with Crippen LogP contribution in [-0.2, 0) is 14.4 Å². The number of aryl methyl sites for hydroxylation is 1. The van der Waals surface area contributed by atoms with Crippen molar-refractivity contribution in [1.82, 2.24) is 10.6 Å². The summed E-state index contributed by atoms with van der Waals surface area (Å²) in [6.07, 6.45) is 1.42. The zero-order chi connectivity index (χ0) is 22.5. The Labute approximate surface area is 197 Å². The first-order chi connectivity index (χ1) is 14.8. The van der Waals surface area contributed by atoms with Crippen LogP contribution in [0.4, 0.5) is 5.69 Å². The van der Waals surface area contributed by atoms with E-state index >= 15 is 0 Å². The Morgan fingerprint density at radius 2 is 1.81 bits per heavy atom. The standard InChI is InChI=1S/C21H18IN3O5S/c1-11-3-5-13(6-4-11)23-17(26)10-30-18-15(22)8-12(9-16(18)29-2)7-14-19(27)24-21(31)25-20(14)28/h3-9H,10H2,1-2H3,(H,23,26)(H2,24,25,27,28,31). The lowest BCUT2D eigenvalue weighted by Gasteiger charge is -2.17. The molecule has 0 unspecified atom stereocenters. The van der Waals surface area contributed by atoms with Gasteiger partial charge in [-0.25, -0.2) is 0 Å². The van der Waals surface area contributed by atoms with Crippen LogP contribution in [0.3, 0.4) is 0 Å². The van der Waals surface area contributed by atoms with Gasteiger partial charge < -0.3 is 14.8 Å². The molecular formula is C21H18IN3O5S. The average Bonchev–Trinajstić information content (AvgIpc) is 2.71. The number of nitrogens with one attached hydrogen (secondary N) is 3. The molecule has 0 bridgehead atoms. The Morgan fingerprint density at radius 1 is 1.16 bits per heavy atom. The van der Waals surface area contributed by atoms with Crippen LogP contribution in [0.25, 0.3) is 6.08 Å². The lowest BCUT2D eigenvalue weighted by molar-refractivity contribution is -0.123. The van der Waals surface area contributed by atoms with Crippen molar-refractivity contribution in [2.24, 2.45) is 0 Å². The SMILES string of the molecule is COc1cc(C=C2C(=O)NC(=S)NC2=O)cc(I)c1OCC(=O)Nc1ccc(C)cc1. The molecule has 3 amide bonds. The van der Waals surface area contributed by atoms with E-state index in [1.54, 1.807) is 12.1 Å². The highest BCUT2D eigenvalue weighted by atomic mass is 127. The third-order valence-electron chi connectivity index (χ3n) is 4.19. The molecule has 2 aromatic carbocycles. The molecule has 0 saturated carbocycles. The predicted octanol–water partition coefficient (Wildman–Crippen LogP) is 2.54. The number of amides is 3. The minimum atomic E-state index is -0.587. The number of hydrogen-bond donors (Lipinski definition) is 3. The van der Waals surface area contributed by atoms with Gasteiger partial charge in [0.15, 0.2) is 23.2 Å². The molecule has 3 N–H and O–H groups in total. The molecule has 160 valence electrons. The Morgan fingerprint density at radius 3 is 2.42 bits per heavy atom. The number of carbonyl (C=O) groups excluding carboxylic acids is 3. The van der Waals surface area contributed by atoms with Gasteiger partial charge in [0.05, 0.1) is 10.7 Å². The van der Waals surface area contributed by atoms with E-state index in [2.05, 4.69) is 16.0 Å². The fraction of sp³-hybridized carbons (Fsp3) is 0.143. The Balaban J connectivity index is 1.75. The van der Waals surface area contributed by atoms with Gasteiger partial charge in [-0.15, -0.1) is 0 Å². The molecule has 8 nitrogen and oxygen atoms in total. The van der Waals surface area contributed by atoms with Crippen molar-refractivity contribution in [3.63, 3.8) is 0 Å². The fourth-order valence-corrected chi connectivity index (χ4v) is 3.67. The van der Waals surface area contributed by atoms with E-state index in [1.807, 2.05) is 53.8 Å². The second-order valence-electron chi connectivity index (χ2n) is 6.53. The van der Waals surface area contributed by atoms with Crippen molar-refractivity contribution in [3.05, 3.63) is 56.7 Å². The van der Waals surface area contributed by atoms with Gasteiger partial charge in [0.2, 0.25) is 0 Å². The number of benzene rings is 2. The van der Waals surface area contributed by atoms with Crippen LogP contribution in [0.5, 0.6) is 11.5 Å². The molecule has 1 fully saturated rings. The normalized spacial score (nSPS) is 13.3. The maximum atomic E-state index is 12.2. The Hall–Kier alpha value is -2.99. The number of ether oxygens (including phenoxy) is 2. The van der Waals surface area contributed by atoms with Crippen LogP contribution in [0.1, 0.15) is 11.1 Å². The van der Waals surface area contributed by atoms with Gasteiger partial charge >= 0.3 is 0 Å². The van der Waals surface area contributed by atoms with E-state index in [4.69, 9.17) is 21.7 Å². The van der Waals surface area contributed by atoms with E-state index in [-0.39, 0.29) is 23.2 Å². The zero-order valence-electron chi connectivity index (χ0n) is 16.6. The monoisotopic (exact) mass is 551 g/mol. The van der Waals surface area contributed by atoms with Gasteiger partial charge in [0.25, 0.3) is 17.7 Å². The quantitative estimate of drug-likeness (QED) is 0.221. The predicted molar refractivity (Wildman–Crippen MR) is 128 cm³/mol. The van der Waals surface area contributed by atoms with Crippen LogP contribution in [0.15, 0.2) is 42.0 Å². The molecule has 1 saturated heterocycles. The molecule has 31 heavy (non-hydrogen) atoms. The highest BCUT2D eigenvalue weighted by Crippen LogP contribution is 2.34. The summed E-state index contributed by atoms with van der Waals surface area (Å²) in [6.45, 7) is 1.74. The minimum absolute atomic E-state index is 0.0352. The average molecular weight is 551 g/mol. The van der Waals surface area contributed by atoms with Crippen LogP contribution >= 0.6 is 34.8 Å². The molecule has 0 spiro atoms. The van der Waals surface area contributed by atoms with Crippen molar-refractivity contribution in [3.8, 4) is 11.5 Å². The summed E-state index contributed by atoms with van der Waals surface area (Å²) in [6, 6.07) is 10.7. The van der Waals surface area contributed by atoms with Gasteiger partial charge in [-0.2, -0.15) is 0 Å². The second kappa shape index (κ2) is 9.88. The number of carbonyl (C=O) groups is 3. The topological polar surface area (TPSA) is 106 Å². The number of rotatable bonds is 6. The number of methoxy groups -OCH3 is 1. The molecule has 0 atom stereocenters. The number of anilines is 1. The summed E-state index contributed by atoms with van der Waals surface area (Å²) in [5.74, 6) is -0.761. The van der Waals surface area contributed by atoms with E-state index < -0.39 is 11.8 Å². The molecule has 1 aliphatic rings. The minimum Gasteiger partial charge on any atom is -0.493 e. The van der Waals surface area contributed by atoms with Crippen LogP contribution in [0, 0.1) is 10.5 Å². The van der Waals surface area contributed by atoms with Crippen LogP contribution < -0.4 is 25.4 Å². The third-order valence-corrected chi connectivity index (χ3v) is 5.19. The Bertz CT molecular complexity index is 1080. The van der Waals surface area contributed by atoms with E-state index in [0.29, 0.717) is 26.3 Å². The summed E-state index contributed by atoms with van der Waals surface area (Å²) in [7, 11) is 1.46. The molecule has 3 rings (SSSR count). The summed E-state index contributed by atoms with van der Waals surface area (Å²) < 4.78 is 11.7. The number of thiocarbonyl (C=S) groups is 1.